The summed E-state index contributed by atoms with van der Waals surface area (Å²) < 4.78 is 7.90. The summed E-state index contributed by atoms with van der Waals surface area (Å²) in [5.74, 6) is 1.43. The summed E-state index contributed by atoms with van der Waals surface area (Å²) in [6, 6.07) is 8.26. The first-order valence-corrected chi connectivity index (χ1v) is 9.95. The van der Waals surface area contributed by atoms with E-state index in [2.05, 4.69) is 34.8 Å². The molecule has 0 spiro atoms. The second-order valence-electron chi connectivity index (χ2n) is 7.73. The maximum Gasteiger partial charge on any atom is 0.272 e. The monoisotopic (exact) mass is 404 g/mol. The van der Waals surface area contributed by atoms with Crippen molar-refractivity contribution in [1.29, 1.82) is 0 Å². The zero-order valence-corrected chi connectivity index (χ0v) is 17.1. The molecule has 0 radical (unpaired) electrons. The molecule has 28 heavy (non-hydrogen) atoms. The summed E-state index contributed by atoms with van der Waals surface area (Å²) in [6.45, 7) is 5.24. The molecule has 0 bridgehead atoms. The molecule has 2 aliphatic rings. The highest BCUT2D eigenvalue weighted by atomic mass is 35.5. The van der Waals surface area contributed by atoms with Crippen LogP contribution in [0.3, 0.4) is 0 Å². The van der Waals surface area contributed by atoms with Gasteiger partial charge in [-0.2, -0.15) is 5.10 Å². The minimum absolute atomic E-state index is 0. The van der Waals surface area contributed by atoms with Gasteiger partial charge in [-0.1, -0.05) is 12.1 Å². The molecule has 1 aromatic carbocycles. The largest absolute Gasteiger partial charge is 0.493 e. The van der Waals surface area contributed by atoms with E-state index in [0.29, 0.717) is 24.2 Å². The Morgan fingerprint density at radius 3 is 2.93 bits per heavy atom. The molecule has 2 aromatic rings. The van der Waals surface area contributed by atoms with Crippen LogP contribution in [0.5, 0.6) is 5.75 Å². The second-order valence-corrected chi connectivity index (χ2v) is 7.73. The molecule has 7 heteroatoms. The number of hydrogen-bond donors (Lipinski definition) is 2. The standard InChI is InChI=1S/C21H28N4O2.ClH/c1-15-4-7-17(20(11-15)27-14-16-5-6-16)12-23-21(26)19-8-10-25(24-19)18-3-2-9-22-13-18;/h4,7-8,10-11,16,18,22H,2-3,5-6,9,12-14H2,1H3,(H,23,26);1H. The fraction of sp³-hybridized carbons (Fsp3) is 0.524. The fourth-order valence-corrected chi connectivity index (χ4v) is 3.42. The van der Waals surface area contributed by atoms with Crippen LogP contribution in [-0.4, -0.2) is 35.4 Å². The summed E-state index contributed by atoms with van der Waals surface area (Å²) in [4.78, 5) is 12.5. The molecule has 6 nitrogen and oxygen atoms in total. The van der Waals surface area contributed by atoms with Gasteiger partial charge in [-0.25, -0.2) is 0 Å². The van der Waals surface area contributed by atoms with Crippen LogP contribution in [0.1, 0.15) is 53.3 Å². The molecular formula is C21H29ClN4O2. The number of hydrogen-bond acceptors (Lipinski definition) is 4. The van der Waals surface area contributed by atoms with E-state index in [9.17, 15) is 4.79 Å². The number of amides is 1. The number of benzene rings is 1. The molecule has 1 amide bonds. The number of ether oxygens (including phenoxy) is 1. The van der Waals surface area contributed by atoms with Crippen molar-refractivity contribution in [3.63, 3.8) is 0 Å². The van der Waals surface area contributed by atoms with Crippen LogP contribution in [0.2, 0.25) is 0 Å². The highest BCUT2D eigenvalue weighted by Crippen LogP contribution is 2.30. The smallest absolute Gasteiger partial charge is 0.272 e. The molecule has 1 aromatic heterocycles. The fourth-order valence-electron chi connectivity index (χ4n) is 3.42. The first-order chi connectivity index (χ1) is 13.2. The van der Waals surface area contributed by atoms with Gasteiger partial charge in [-0.3, -0.25) is 9.48 Å². The average Bonchev–Trinajstić information content (AvgIpc) is 3.39. The number of carbonyl (C=O) groups is 1. The van der Waals surface area contributed by atoms with E-state index in [1.54, 1.807) is 6.07 Å². The van der Waals surface area contributed by atoms with Crippen LogP contribution < -0.4 is 15.4 Å². The van der Waals surface area contributed by atoms with Crippen LogP contribution in [-0.2, 0) is 6.54 Å². The van der Waals surface area contributed by atoms with E-state index in [4.69, 9.17) is 4.74 Å². The third-order valence-corrected chi connectivity index (χ3v) is 5.32. The van der Waals surface area contributed by atoms with E-state index in [1.807, 2.05) is 16.9 Å². The maximum atomic E-state index is 12.5. The molecule has 1 aliphatic carbocycles. The van der Waals surface area contributed by atoms with Gasteiger partial charge in [0.15, 0.2) is 0 Å². The Morgan fingerprint density at radius 2 is 2.18 bits per heavy atom. The molecule has 1 atom stereocenters. The quantitative estimate of drug-likeness (QED) is 0.743. The van der Waals surface area contributed by atoms with Crippen LogP contribution in [0.4, 0.5) is 0 Å². The third-order valence-electron chi connectivity index (χ3n) is 5.32. The molecule has 152 valence electrons. The SMILES string of the molecule is Cc1ccc(CNC(=O)c2ccn(C3CCCNC3)n2)c(OCC2CC2)c1.Cl. The molecule has 2 heterocycles. The number of carbonyl (C=O) groups excluding carboxylic acids is 1. The van der Waals surface area contributed by atoms with Crippen molar-refractivity contribution < 1.29 is 9.53 Å². The van der Waals surface area contributed by atoms with E-state index in [0.717, 1.165) is 49.4 Å². The lowest BCUT2D eigenvalue weighted by Gasteiger charge is -2.22. The molecule has 2 N–H and O–H groups in total. The van der Waals surface area contributed by atoms with Crippen molar-refractivity contribution in [1.82, 2.24) is 20.4 Å². The first-order valence-electron chi connectivity index (χ1n) is 9.95. The zero-order chi connectivity index (χ0) is 18.6. The number of halogens is 1. The van der Waals surface area contributed by atoms with Gasteiger partial charge in [0.05, 0.1) is 12.6 Å². The van der Waals surface area contributed by atoms with Crippen molar-refractivity contribution in [2.45, 2.75) is 45.2 Å². The van der Waals surface area contributed by atoms with Gasteiger partial charge >= 0.3 is 0 Å². The third kappa shape index (κ3) is 5.26. The van der Waals surface area contributed by atoms with Gasteiger partial charge in [0, 0.05) is 24.8 Å². The van der Waals surface area contributed by atoms with Gasteiger partial charge in [0.2, 0.25) is 0 Å². The van der Waals surface area contributed by atoms with E-state index in [-0.39, 0.29) is 18.3 Å². The summed E-state index contributed by atoms with van der Waals surface area (Å²) >= 11 is 0. The Balaban J connectivity index is 0.00000225. The highest BCUT2D eigenvalue weighted by Gasteiger charge is 2.22. The van der Waals surface area contributed by atoms with E-state index < -0.39 is 0 Å². The number of nitrogens with zero attached hydrogens (tertiary/aromatic N) is 2. The Labute approximate surface area is 172 Å². The normalized spacial score (nSPS) is 19.0. The molecule has 1 aliphatic heterocycles. The van der Waals surface area contributed by atoms with Crippen LogP contribution in [0.15, 0.2) is 30.5 Å². The molecule has 1 saturated heterocycles. The average molecular weight is 405 g/mol. The Bertz CT molecular complexity index is 797. The van der Waals surface area contributed by atoms with Gasteiger partial charge < -0.3 is 15.4 Å². The molecule has 1 saturated carbocycles. The predicted molar refractivity (Wildman–Crippen MR) is 111 cm³/mol. The van der Waals surface area contributed by atoms with Crippen molar-refractivity contribution in [2.75, 3.05) is 19.7 Å². The number of aryl methyl sites for hydroxylation is 1. The van der Waals surface area contributed by atoms with E-state index >= 15 is 0 Å². The summed E-state index contributed by atoms with van der Waals surface area (Å²) in [7, 11) is 0. The van der Waals surface area contributed by atoms with Gasteiger partial charge in [0.25, 0.3) is 5.91 Å². The first kappa shape index (κ1) is 20.7. The number of rotatable bonds is 7. The van der Waals surface area contributed by atoms with Crippen LogP contribution in [0.25, 0.3) is 0 Å². The summed E-state index contributed by atoms with van der Waals surface area (Å²) in [6.07, 6.45) is 6.67. The van der Waals surface area contributed by atoms with Crippen LogP contribution in [0, 0.1) is 12.8 Å². The topological polar surface area (TPSA) is 68.2 Å². The summed E-state index contributed by atoms with van der Waals surface area (Å²) in [5, 5.41) is 10.8. The summed E-state index contributed by atoms with van der Waals surface area (Å²) in [5.41, 5.74) is 2.63. The van der Waals surface area contributed by atoms with Gasteiger partial charge in [-0.05, 0) is 62.8 Å². The lowest BCUT2D eigenvalue weighted by Crippen LogP contribution is -2.32. The lowest BCUT2D eigenvalue weighted by atomic mass is 10.1. The minimum atomic E-state index is -0.147. The van der Waals surface area contributed by atoms with Crippen LogP contribution >= 0.6 is 12.4 Å². The van der Waals surface area contributed by atoms with Crippen molar-refractivity contribution >= 4 is 18.3 Å². The Kier molecular flexibility index (Phi) is 6.97. The molecule has 2 fully saturated rings. The minimum Gasteiger partial charge on any atom is -0.493 e. The Morgan fingerprint density at radius 1 is 1.32 bits per heavy atom. The van der Waals surface area contributed by atoms with Crippen molar-refractivity contribution in [3.8, 4) is 5.75 Å². The molecular weight excluding hydrogens is 376 g/mol. The predicted octanol–water partition coefficient (Wildman–Crippen LogP) is 3.26. The van der Waals surface area contributed by atoms with E-state index in [1.165, 1.54) is 12.8 Å². The lowest BCUT2D eigenvalue weighted by molar-refractivity contribution is 0.0944. The second kappa shape index (κ2) is 9.43. The highest BCUT2D eigenvalue weighted by molar-refractivity contribution is 5.92. The van der Waals surface area contributed by atoms with Gasteiger partial charge in [0.1, 0.15) is 11.4 Å². The van der Waals surface area contributed by atoms with Crippen molar-refractivity contribution in [3.05, 3.63) is 47.3 Å². The zero-order valence-electron chi connectivity index (χ0n) is 16.3. The number of piperidine rings is 1. The Hall–Kier alpha value is -2.05. The molecule has 1 unspecified atom stereocenters. The van der Waals surface area contributed by atoms with Crippen molar-refractivity contribution in [2.24, 2.45) is 5.92 Å². The number of nitrogens with one attached hydrogen (secondary N) is 2. The number of aromatic nitrogens is 2. The van der Waals surface area contributed by atoms with Gasteiger partial charge in [-0.15, -0.1) is 12.4 Å². The maximum absolute atomic E-state index is 12.5. The molecule has 4 rings (SSSR count).